The normalized spacial score (nSPS) is 19.9. The summed E-state index contributed by atoms with van der Waals surface area (Å²) in [6.45, 7) is 3.49. The molecular weight excluding hydrogens is 359 g/mol. The van der Waals surface area contributed by atoms with E-state index in [4.69, 9.17) is 0 Å². The maximum absolute atomic E-state index is 12.8. The molecule has 1 aromatic carbocycles. The molecule has 27 heavy (non-hydrogen) atoms. The van der Waals surface area contributed by atoms with Crippen molar-refractivity contribution >= 4 is 0 Å². The molecule has 2 atom stereocenters. The van der Waals surface area contributed by atoms with Crippen molar-refractivity contribution in [1.29, 1.82) is 0 Å². The molecule has 2 N–H and O–H groups in total. The standard InChI is InChI=1S/C19H22F3N3O2/c1-11-8-15(18(27)12-4-3-7-25(2)10-12)23-24-17(11)14-6-5-13(9-16(14)26)19(20,21)22/h5-6,8-9,12,18,26-27H,3-4,7,10H2,1-2H3/t12-,18?/m0/s1. The summed E-state index contributed by atoms with van der Waals surface area (Å²) in [4.78, 5) is 2.16. The number of phenols is 1. The van der Waals surface area contributed by atoms with Crippen LogP contribution in [0.3, 0.4) is 0 Å². The van der Waals surface area contributed by atoms with Gasteiger partial charge in [-0.25, -0.2) is 0 Å². The molecule has 1 aromatic heterocycles. The van der Waals surface area contributed by atoms with Crippen LogP contribution >= 0.6 is 0 Å². The molecule has 1 unspecified atom stereocenters. The zero-order valence-electron chi connectivity index (χ0n) is 15.2. The van der Waals surface area contributed by atoms with E-state index in [1.807, 2.05) is 7.05 Å². The Morgan fingerprint density at radius 1 is 1.22 bits per heavy atom. The number of rotatable bonds is 3. The second kappa shape index (κ2) is 7.44. The van der Waals surface area contributed by atoms with E-state index in [0.717, 1.165) is 32.0 Å². The van der Waals surface area contributed by atoms with E-state index in [9.17, 15) is 23.4 Å². The zero-order chi connectivity index (χ0) is 19.8. The maximum Gasteiger partial charge on any atom is 0.416 e. The number of likely N-dealkylation sites (tertiary alicyclic amines) is 1. The first kappa shape index (κ1) is 19.6. The number of nitrogens with zero attached hydrogens (tertiary/aromatic N) is 3. The van der Waals surface area contributed by atoms with E-state index in [-0.39, 0.29) is 17.2 Å². The molecule has 1 fully saturated rings. The number of aliphatic hydroxyl groups excluding tert-OH is 1. The Labute approximate surface area is 155 Å². The molecule has 1 aliphatic heterocycles. The molecule has 1 saturated heterocycles. The van der Waals surface area contributed by atoms with Gasteiger partial charge in [-0.05, 0) is 63.2 Å². The van der Waals surface area contributed by atoms with Gasteiger partial charge in [-0.2, -0.15) is 18.3 Å². The number of aromatic hydroxyl groups is 1. The Kier molecular flexibility index (Phi) is 5.39. The van der Waals surface area contributed by atoms with Crippen LogP contribution < -0.4 is 0 Å². The summed E-state index contributed by atoms with van der Waals surface area (Å²) in [5.74, 6) is -0.452. The van der Waals surface area contributed by atoms with Crippen LogP contribution in [0.2, 0.25) is 0 Å². The number of aliphatic hydroxyl groups is 1. The lowest BCUT2D eigenvalue weighted by atomic mass is 9.90. The third kappa shape index (κ3) is 4.22. The topological polar surface area (TPSA) is 69.5 Å². The smallest absolute Gasteiger partial charge is 0.416 e. The molecule has 0 amide bonds. The van der Waals surface area contributed by atoms with Crippen LogP contribution in [0, 0.1) is 12.8 Å². The number of alkyl halides is 3. The van der Waals surface area contributed by atoms with Crippen molar-refractivity contribution in [3.05, 3.63) is 41.1 Å². The van der Waals surface area contributed by atoms with Crippen LogP contribution in [0.15, 0.2) is 24.3 Å². The minimum atomic E-state index is -4.53. The highest BCUT2D eigenvalue weighted by molar-refractivity contribution is 5.69. The van der Waals surface area contributed by atoms with Gasteiger partial charge in [0.15, 0.2) is 0 Å². The quantitative estimate of drug-likeness (QED) is 0.851. The predicted molar refractivity (Wildman–Crippen MR) is 94.1 cm³/mol. The number of aryl methyl sites for hydroxylation is 1. The molecule has 0 bridgehead atoms. The van der Waals surface area contributed by atoms with Gasteiger partial charge in [0.25, 0.3) is 0 Å². The van der Waals surface area contributed by atoms with Gasteiger partial charge >= 0.3 is 6.18 Å². The van der Waals surface area contributed by atoms with Crippen molar-refractivity contribution in [3.63, 3.8) is 0 Å². The Balaban J connectivity index is 1.87. The van der Waals surface area contributed by atoms with Gasteiger partial charge < -0.3 is 15.1 Å². The highest BCUT2D eigenvalue weighted by atomic mass is 19.4. The number of halogens is 3. The van der Waals surface area contributed by atoms with E-state index in [1.54, 1.807) is 13.0 Å². The van der Waals surface area contributed by atoms with Crippen molar-refractivity contribution in [1.82, 2.24) is 15.1 Å². The average Bonchev–Trinajstić information content (AvgIpc) is 2.60. The lowest BCUT2D eigenvalue weighted by molar-refractivity contribution is -0.137. The highest BCUT2D eigenvalue weighted by Crippen LogP contribution is 2.37. The fraction of sp³-hybridized carbons (Fsp3) is 0.474. The second-order valence-corrected chi connectivity index (χ2v) is 7.14. The summed E-state index contributed by atoms with van der Waals surface area (Å²) < 4.78 is 38.3. The van der Waals surface area contributed by atoms with Gasteiger partial charge in [-0.15, -0.1) is 5.10 Å². The molecule has 0 saturated carbocycles. The van der Waals surface area contributed by atoms with Crippen molar-refractivity contribution in [2.75, 3.05) is 20.1 Å². The number of hydrogen-bond acceptors (Lipinski definition) is 5. The highest BCUT2D eigenvalue weighted by Gasteiger charge is 2.31. The number of piperidine rings is 1. The number of hydrogen-bond donors (Lipinski definition) is 2. The van der Waals surface area contributed by atoms with Crippen LogP contribution in [0.1, 0.15) is 35.8 Å². The molecule has 2 heterocycles. The van der Waals surface area contributed by atoms with E-state index < -0.39 is 23.6 Å². The zero-order valence-corrected chi connectivity index (χ0v) is 15.2. The summed E-state index contributed by atoms with van der Waals surface area (Å²) >= 11 is 0. The lowest BCUT2D eigenvalue weighted by Gasteiger charge is -2.32. The average molecular weight is 381 g/mol. The summed E-state index contributed by atoms with van der Waals surface area (Å²) in [6.07, 6.45) is -3.39. The first-order chi connectivity index (χ1) is 12.7. The summed E-state index contributed by atoms with van der Waals surface area (Å²) in [5, 5.41) is 28.8. The molecule has 1 aliphatic rings. The molecule has 3 rings (SSSR count). The fourth-order valence-corrected chi connectivity index (χ4v) is 3.53. The molecule has 0 spiro atoms. The molecule has 0 aliphatic carbocycles. The summed E-state index contributed by atoms with van der Waals surface area (Å²) in [7, 11) is 2.01. The Morgan fingerprint density at radius 2 is 1.96 bits per heavy atom. The van der Waals surface area contributed by atoms with Gasteiger partial charge in [0.1, 0.15) is 11.9 Å². The molecular formula is C19H22F3N3O2. The third-order valence-electron chi connectivity index (χ3n) is 4.99. The predicted octanol–water partition coefficient (Wildman–Crippen LogP) is 3.55. The SMILES string of the molecule is Cc1cc(C(O)[C@H]2CCCN(C)C2)nnc1-c1ccc(C(F)(F)F)cc1O. The minimum absolute atomic E-state index is 0.0581. The first-order valence-electron chi connectivity index (χ1n) is 8.78. The van der Waals surface area contributed by atoms with Gasteiger partial charge in [0.05, 0.1) is 17.0 Å². The maximum atomic E-state index is 12.8. The van der Waals surface area contributed by atoms with Crippen molar-refractivity contribution in [3.8, 4) is 17.0 Å². The van der Waals surface area contributed by atoms with Gasteiger partial charge in [-0.3, -0.25) is 0 Å². The third-order valence-corrected chi connectivity index (χ3v) is 4.99. The van der Waals surface area contributed by atoms with E-state index >= 15 is 0 Å². The summed E-state index contributed by atoms with van der Waals surface area (Å²) in [6, 6.07) is 4.44. The first-order valence-corrected chi connectivity index (χ1v) is 8.78. The molecule has 8 heteroatoms. The fourth-order valence-electron chi connectivity index (χ4n) is 3.53. The molecule has 0 radical (unpaired) electrons. The van der Waals surface area contributed by atoms with E-state index in [2.05, 4.69) is 15.1 Å². The van der Waals surface area contributed by atoms with Crippen molar-refractivity contribution in [2.24, 2.45) is 5.92 Å². The number of aromatic nitrogens is 2. The minimum Gasteiger partial charge on any atom is -0.507 e. The monoisotopic (exact) mass is 381 g/mol. The van der Waals surface area contributed by atoms with Gasteiger partial charge in [-0.1, -0.05) is 0 Å². The van der Waals surface area contributed by atoms with Gasteiger partial charge in [0, 0.05) is 18.0 Å². The van der Waals surface area contributed by atoms with Crippen LogP contribution in [0.4, 0.5) is 13.2 Å². The summed E-state index contributed by atoms with van der Waals surface area (Å²) in [5.41, 5.74) is 0.591. The number of phenolic OH excluding ortho intramolecular Hbond substituents is 1. The Bertz CT molecular complexity index is 826. The van der Waals surface area contributed by atoms with E-state index in [1.165, 1.54) is 6.07 Å². The van der Waals surface area contributed by atoms with E-state index in [0.29, 0.717) is 17.3 Å². The molecule has 146 valence electrons. The lowest BCUT2D eigenvalue weighted by Crippen LogP contribution is -2.35. The second-order valence-electron chi connectivity index (χ2n) is 7.14. The molecule has 5 nitrogen and oxygen atoms in total. The van der Waals surface area contributed by atoms with Crippen molar-refractivity contribution in [2.45, 2.75) is 32.0 Å². The molecule has 2 aromatic rings. The Hall–Kier alpha value is -2.19. The van der Waals surface area contributed by atoms with Crippen LogP contribution in [0.5, 0.6) is 5.75 Å². The van der Waals surface area contributed by atoms with Crippen LogP contribution in [-0.4, -0.2) is 45.4 Å². The van der Waals surface area contributed by atoms with Gasteiger partial charge in [0.2, 0.25) is 0 Å². The van der Waals surface area contributed by atoms with Crippen LogP contribution in [-0.2, 0) is 6.18 Å². The van der Waals surface area contributed by atoms with Crippen LogP contribution in [0.25, 0.3) is 11.3 Å². The van der Waals surface area contributed by atoms with Crippen molar-refractivity contribution < 1.29 is 23.4 Å². The number of benzene rings is 1. The Morgan fingerprint density at radius 3 is 2.56 bits per heavy atom. The largest absolute Gasteiger partial charge is 0.507 e.